The zero-order valence-corrected chi connectivity index (χ0v) is 9.72. The molecule has 1 aliphatic rings. The van der Waals surface area contributed by atoms with Crippen LogP contribution in [0.4, 0.5) is 4.39 Å². The smallest absolute Gasteiger partial charge is 0.126 e. The van der Waals surface area contributed by atoms with Gasteiger partial charge in [-0.05, 0) is 50.0 Å². The minimum atomic E-state index is -0.107. The molecular weight excluding hydrogens is 203 g/mol. The molecule has 1 saturated heterocycles. The van der Waals surface area contributed by atoms with Gasteiger partial charge in [0.2, 0.25) is 0 Å². The first kappa shape index (κ1) is 11.6. The van der Waals surface area contributed by atoms with Gasteiger partial charge in [-0.25, -0.2) is 4.39 Å². The highest BCUT2D eigenvalue weighted by atomic mass is 19.1. The van der Waals surface area contributed by atoms with Crippen LogP contribution in [0.15, 0.2) is 18.2 Å². The molecule has 1 fully saturated rings. The van der Waals surface area contributed by atoms with E-state index in [2.05, 4.69) is 10.6 Å². The third-order valence-electron chi connectivity index (χ3n) is 3.17. The van der Waals surface area contributed by atoms with Crippen molar-refractivity contribution in [2.75, 3.05) is 13.1 Å². The molecule has 1 aromatic rings. The maximum Gasteiger partial charge on any atom is 0.126 e. The average molecular weight is 222 g/mol. The van der Waals surface area contributed by atoms with Crippen molar-refractivity contribution in [2.45, 2.75) is 32.4 Å². The summed E-state index contributed by atoms with van der Waals surface area (Å²) in [6.07, 6.45) is 2.32. The van der Waals surface area contributed by atoms with E-state index >= 15 is 0 Å². The van der Waals surface area contributed by atoms with Crippen LogP contribution in [0.25, 0.3) is 0 Å². The van der Waals surface area contributed by atoms with Crippen LogP contribution in [0.2, 0.25) is 0 Å². The van der Waals surface area contributed by atoms with Gasteiger partial charge in [-0.15, -0.1) is 0 Å². The Morgan fingerprint density at radius 2 is 2.12 bits per heavy atom. The summed E-state index contributed by atoms with van der Waals surface area (Å²) in [5, 5.41) is 6.81. The van der Waals surface area contributed by atoms with Gasteiger partial charge in [-0.1, -0.05) is 12.1 Å². The van der Waals surface area contributed by atoms with Crippen LogP contribution >= 0.6 is 0 Å². The van der Waals surface area contributed by atoms with Crippen LogP contribution in [0, 0.1) is 12.7 Å². The van der Waals surface area contributed by atoms with Gasteiger partial charge in [-0.2, -0.15) is 0 Å². The summed E-state index contributed by atoms with van der Waals surface area (Å²) >= 11 is 0. The van der Waals surface area contributed by atoms with Crippen LogP contribution in [0.5, 0.6) is 0 Å². The second-order valence-corrected chi connectivity index (χ2v) is 4.49. The van der Waals surface area contributed by atoms with Gasteiger partial charge in [-0.3, -0.25) is 0 Å². The zero-order valence-electron chi connectivity index (χ0n) is 9.72. The van der Waals surface area contributed by atoms with E-state index in [9.17, 15) is 4.39 Å². The van der Waals surface area contributed by atoms with E-state index in [4.69, 9.17) is 0 Å². The first-order valence-electron chi connectivity index (χ1n) is 5.95. The fourth-order valence-electron chi connectivity index (χ4n) is 2.03. The van der Waals surface area contributed by atoms with Crippen LogP contribution < -0.4 is 10.6 Å². The molecule has 2 rings (SSSR count). The van der Waals surface area contributed by atoms with Crippen molar-refractivity contribution in [1.29, 1.82) is 0 Å². The Labute approximate surface area is 96.2 Å². The summed E-state index contributed by atoms with van der Waals surface area (Å²) < 4.78 is 13.3. The molecular formula is C13H19FN2. The molecule has 1 heterocycles. The van der Waals surface area contributed by atoms with Crippen molar-refractivity contribution in [3.63, 3.8) is 0 Å². The molecule has 1 aromatic carbocycles. The number of aryl methyl sites for hydroxylation is 1. The summed E-state index contributed by atoms with van der Waals surface area (Å²) in [5.74, 6) is -0.107. The number of rotatable bonds is 3. The molecule has 1 aliphatic heterocycles. The predicted molar refractivity (Wildman–Crippen MR) is 63.9 cm³/mol. The number of halogens is 1. The fourth-order valence-corrected chi connectivity index (χ4v) is 2.03. The Balaban J connectivity index is 1.86. The highest BCUT2D eigenvalue weighted by Gasteiger charge is 2.11. The van der Waals surface area contributed by atoms with E-state index in [0.717, 1.165) is 38.0 Å². The van der Waals surface area contributed by atoms with Crippen LogP contribution in [-0.4, -0.2) is 19.1 Å². The standard InChI is InChI=1S/C13H19FN2/c1-10-2-3-11(8-13(10)14)9-16-12-4-6-15-7-5-12/h2-3,8,12,15-16H,4-7,9H2,1H3. The maximum absolute atomic E-state index is 13.3. The molecule has 0 amide bonds. The molecule has 0 atom stereocenters. The molecule has 0 radical (unpaired) electrons. The SMILES string of the molecule is Cc1ccc(CNC2CCNCC2)cc1F. The van der Waals surface area contributed by atoms with Gasteiger partial charge in [0, 0.05) is 12.6 Å². The number of nitrogens with one attached hydrogen (secondary N) is 2. The highest BCUT2D eigenvalue weighted by Crippen LogP contribution is 2.10. The maximum atomic E-state index is 13.3. The lowest BCUT2D eigenvalue weighted by molar-refractivity contribution is 0.386. The summed E-state index contributed by atoms with van der Waals surface area (Å²) in [5.41, 5.74) is 1.74. The Morgan fingerprint density at radius 1 is 1.38 bits per heavy atom. The van der Waals surface area contributed by atoms with Gasteiger partial charge in [0.1, 0.15) is 5.82 Å². The predicted octanol–water partition coefficient (Wildman–Crippen LogP) is 1.98. The van der Waals surface area contributed by atoms with E-state index in [1.807, 2.05) is 12.1 Å². The summed E-state index contributed by atoms with van der Waals surface area (Å²) in [6.45, 7) is 4.72. The lowest BCUT2D eigenvalue weighted by Gasteiger charge is -2.23. The molecule has 3 heteroatoms. The first-order chi connectivity index (χ1) is 7.75. The Bertz CT molecular complexity index is 346. The van der Waals surface area contributed by atoms with Crippen molar-refractivity contribution < 1.29 is 4.39 Å². The summed E-state index contributed by atoms with van der Waals surface area (Å²) in [7, 11) is 0. The quantitative estimate of drug-likeness (QED) is 0.817. The van der Waals surface area contributed by atoms with Gasteiger partial charge in [0.25, 0.3) is 0 Å². The molecule has 0 unspecified atom stereocenters. The molecule has 2 N–H and O–H groups in total. The molecule has 0 saturated carbocycles. The number of benzene rings is 1. The monoisotopic (exact) mass is 222 g/mol. The van der Waals surface area contributed by atoms with E-state index in [0.29, 0.717) is 11.6 Å². The Kier molecular flexibility index (Phi) is 3.91. The highest BCUT2D eigenvalue weighted by molar-refractivity contribution is 5.23. The Hall–Kier alpha value is -0.930. The number of hydrogen-bond donors (Lipinski definition) is 2. The second-order valence-electron chi connectivity index (χ2n) is 4.49. The van der Waals surface area contributed by atoms with Crippen molar-refractivity contribution >= 4 is 0 Å². The van der Waals surface area contributed by atoms with Crippen molar-refractivity contribution in [2.24, 2.45) is 0 Å². The number of piperidine rings is 1. The average Bonchev–Trinajstić information content (AvgIpc) is 2.32. The minimum Gasteiger partial charge on any atom is -0.317 e. The molecule has 0 bridgehead atoms. The third-order valence-corrected chi connectivity index (χ3v) is 3.17. The van der Waals surface area contributed by atoms with Gasteiger partial charge >= 0.3 is 0 Å². The molecule has 0 spiro atoms. The van der Waals surface area contributed by atoms with Crippen molar-refractivity contribution in [3.8, 4) is 0 Å². The van der Waals surface area contributed by atoms with Crippen molar-refractivity contribution in [1.82, 2.24) is 10.6 Å². The Morgan fingerprint density at radius 3 is 2.81 bits per heavy atom. The molecule has 2 nitrogen and oxygen atoms in total. The summed E-state index contributed by atoms with van der Waals surface area (Å²) in [6, 6.07) is 6.04. The van der Waals surface area contributed by atoms with E-state index in [-0.39, 0.29) is 5.82 Å². The van der Waals surface area contributed by atoms with Crippen molar-refractivity contribution in [3.05, 3.63) is 35.1 Å². The van der Waals surface area contributed by atoms with E-state index < -0.39 is 0 Å². The van der Waals surface area contributed by atoms with E-state index in [1.54, 1.807) is 13.0 Å². The van der Waals surface area contributed by atoms with Crippen LogP contribution in [-0.2, 0) is 6.54 Å². The fraction of sp³-hybridized carbons (Fsp3) is 0.538. The molecule has 0 aliphatic carbocycles. The third kappa shape index (κ3) is 3.03. The second kappa shape index (κ2) is 5.41. The zero-order chi connectivity index (χ0) is 11.4. The lowest BCUT2D eigenvalue weighted by Crippen LogP contribution is -2.39. The van der Waals surface area contributed by atoms with E-state index in [1.165, 1.54) is 0 Å². The van der Waals surface area contributed by atoms with Gasteiger partial charge in [0.15, 0.2) is 0 Å². The molecule has 16 heavy (non-hydrogen) atoms. The first-order valence-corrected chi connectivity index (χ1v) is 5.95. The van der Waals surface area contributed by atoms with Crippen LogP contribution in [0.3, 0.4) is 0 Å². The molecule has 88 valence electrons. The van der Waals surface area contributed by atoms with Gasteiger partial charge < -0.3 is 10.6 Å². The summed E-state index contributed by atoms with van der Waals surface area (Å²) in [4.78, 5) is 0. The molecule has 0 aromatic heterocycles. The number of hydrogen-bond acceptors (Lipinski definition) is 2. The van der Waals surface area contributed by atoms with Crippen LogP contribution in [0.1, 0.15) is 24.0 Å². The normalized spacial score (nSPS) is 17.6. The minimum absolute atomic E-state index is 0.107. The topological polar surface area (TPSA) is 24.1 Å². The van der Waals surface area contributed by atoms with Gasteiger partial charge in [0.05, 0.1) is 0 Å². The lowest BCUT2D eigenvalue weighted by atomic mass is 10.1. The largest absolute Gasteiger partial charge is 0.317 e.